The van der Waals surface area contributed by atoms with E-state index in [-0.39, 0.29) is 4.21 Å². The van der Waals surface area contributed by atoms with Crippen molar-refractivity contribution in [3.63, 3.8) is 0 Å². The Morgan fingerprint density at radius 1 is 0.806 bits per heavy atom. The minimum atomic E-state index is -3.54. The van der Waals surface area contributed by atoms with Crippen molar-refractivity contribution in [1.29, 1.82) is 0 Å². The highest BCUT2D eigenvalue weighted by atomic mass is 35.5. The van der Waals surface area contributed by atoms with Crippen molar-refractivity contribution in [2.75, 3.05) is 31.1 Å². The topological polar surface area (TPSA) is 66.4 Å². The van der Waals surface area contributed by atoms with Crippen LogP contribution in [0.4, 0.5) is 5.82 Å². The Morgan fingerprint density at radius 3 is 2.10 bits per heavy atom. The molecule has 1 fully saturated rings. The summed E-state index contributed by atoms with van der Waals surface area (Å²) in [7, 11) is -3.54. The molecule has 3 heterocycles. The molecule has 0 unspecified atom stereocenters. The highest BCUT2D eigenvalue weighted by Gasteiger charge is 2.31. The Labute approximate surface area is 189 Å². The average molecular weight is 471 g/mol. The van der Waals surface area contributed by atoms with Crippen LogP contribution in [-0.2, 0) is 10.0 Å². The standard InChI is InChI=1S/C22H19ClN4O2S2/c23-19-10-11-20(30-19)31(28,29)27-14-12-26(13-15-27)22-21(16-6-2-1-3-7-16)24-17-8-4-5-9-18(17)25-22/h1-11H,12-15H2. The van der Waals surface area contributed by atoms with Crippen molar-refractivity contribution in [1.82, 2.24) is 14.3 Å². The Bertz CT molecular complexity index is 1330. The first kappa shape index (κ1) is 20.4. The zero-order chi connectivity index (χ0) is 21.4. The Morgan fingerprint density at radius 2 is 1.45 bits per heavy atom. The second kappa shape index (κ2) is 8.20. The van der Waals surface area contributed by atoms with Crippen molar-refractivity contribution >= 4 is 49.8 Å². The molecule has 0 radical (unpaired) electrons. The number of para-hydroxylation sites is 2. The van der Waals surface area contributed by atoms with Gasteiger partial charge in [-0.1, -0.05) is 54.1 Å². The van der Waals surface area contributed by atoms with Crippen LogP contribution < -0.4 is 4.90 Å². The first-order valence-electron chi connectivity index (χ1n) is 9.85. The molecule has 0 bridgehead atoms. The predicted molar refractivity (Wildman–Crippen MR) is 125 cm³/mol. The summed E-state index contributed by atoms with van der Waals surface area (Å²) >= 11 is 7.03. The number of hydrogen-bond donors (Lipinski definition) is 0. The fourth-order valence-electron chi connectivity index (χ4n) is 3.70. The van der Waals surface area contributed by atoms with Crippen LogP contribution in [0.1, 0.15) is 0 Å². The number of fused-ring (bicyclic) bond motifs is 1. The van der Waals surface area contributed by atoms with E-state index in [9.17, 15) is 8.42 Å². The number of nitrogens with zero attached hydrogens (tertiary/aromatic N) is 4. The summed E-state index contributed by atoms with van der Waals surface area (Å²) in [5, 5.41) is 0. The highest BCUT2D eigenvalue weighted by molar-refractivity contribution is 7.91. The molecule has 1 saturated heterocycles. The molecule has 0 spiro atoms. The summed E-state index contributed by atoms with van der Waals surface area (Å²) in [6.07, 6.45) is 0. The molecule has 0 N–H and O–H groups in total. The SMILES string of the molecule is O=S(=O)(c1ccc(Cl)s1)N1CCN(c2nc3ccccc3nc2-c2ccccc2)CC1. The number of thiophene rings is 1. The number of piperazine rings is 1. The van der Waals surface area contributed by atoms with Crippen LogP contribution in [0.15, 0.2) is 70.9 Å². The van der Waals surface area contributed by atoms with E-state index in [0.29, 0.717) is 30.5 Å². The molecule has 31 heavy (non-hydrogen) atoms. The van der Waals surface area contributed by atoms with Gasteiger partial charge >= 0.3 is 0 Å². The van der Waals surface area contributed by atoms with Crippen molar-refractivity contribution < 1.29 is 8.42 Å². The summed E-state index contributed by atoms with van der Waals surface area (Å²) in [5.41, 5.74) is 3.45. The van der Waals surface area contributed by atoms with Crippen molar-refractivity contribution in [2.45, 2.75) is 4.21 Å². The monoisotopic (exact) mass is 470 g/mol. The number of anilines is 1. The molecule has 6 nitrogen and oxygen atoms in total. The number of halogens is 1. The smallest absolute Gasteiger partial charge is 0.252 e. The zero-order valence-corrected chi connectivity index (χ0v) is 18.9. The van der Waals surface area contributed by atoms with Gasteiger partial charge in [0.1, 0.15) is 9.90 Å². The lowest BCUT2D eigenvalue weighted by molar-refractivity contribution is 0.385. The molecular weight excluding hydrogens is 452 g/mol. The normalized spacial score (nSPS) is 15.5. The van der Waals surface area contributed by atoms with Crippen LogP contribution in [0.2, 0.25) is 4.34 Å². The van der Waals surface area contributed by atoms with Crippen LogP contribution >= 0.6 is 22.9 Å². The summed E-state index contributed by atoms with van der Waals surface area (Å²) in [5.74, 6) is 0.779. The van der Waals surface area contributed by atoms with E-state index in [2.05, 4.69) is 4.90 Å². The molecule has 1 aliphatic heterocycles. The van der Waals surface area contributed by atoms with Gasteiger partial charge in [-0.15, -0.1) is 11.3 Å². The molecule has 5 rings (SSSR count). The number of benzene rings is 2. The van der Waals surface area contributed by atoms with Gasteiger partial charge in [-0.3, -0.25) is 0 Å². The van der Waals surface area contributed by atoms with Crippen LogP contribution in [-0.4, -0.2) is 48.9 Å². The van der Waals surface area contributed by atoms with Gasteiger partial charge in [-0.2, -0.15) is 4.31 Å². The molecule has 0 aliphatic carbocycles. The molecule has 0 saturated carbocycles. The molecule has 158 valence electrons. The fourth-order valence-corrected chi connectivity index (χ4v) is 6.76. The van der Waals surface area contributed by atoms with Crippen LogP contribution in [0.25, 0.3) is 22.3 Å². The lowest BCUT2D eigenvalue weighted by atomic mass is 10.1. The fraction of sp³-hybridized carbons (Fsp3) is 0.182. The average Bonchev–Trinajstić information content (AvgIpc) is 3.26. The third-order valence-electron chi connectivity index (χ3n) is 5.28. The quantitative estimate of drug-likeness (QED) is 0.438. The minimum absolute atomic E-state index is 0.279. The maximum atomic E-state index is 12.9. The predicted octanol–water partition coefficient (Wildman–Crippen LogP) is 4.52. The van der Waals surface area contributed by atoms with Crippen LogP contribution in [0.5, 0.6) is 0 Å². The molecule has 4 aromatic rings. The summed E-state index contributed by atoms with van der Waals surface area (Å²) < 4.78 is 28.1. The number of rotatable bonds is 4. The molecule has 2 aromatic heterocycles. The Kier molecular flexibility index (Phi) is 5.39. The second-order valence-corrected chi connectivity index (χ2v) is 11.1. The van der Waals surface area contributed by atoms with Gasteiger partial charge in [0.25, 0.3) is 10.0 Å². The molecule has 1 aliphatic rings. The molecule has 0 amide bonds. The van der Waals surface area contributed by atoms with Gasteiger partial charge in [0.05, 0.1) is 15.4 Å². The summed E-state index contributed by atoms with van der Waals surface area (Å²) in [6, 6.07) is 20.9. The largest absolute Gasteiger partial charge is 0.352 e. The zero-order valence-electron chi connectivity index (χ0n) is 16.5. The molecule has 2 aromatic carbocycles. The van der Waals surface area contributed by atoms with E-state index in [1.54, 1.807) is 12.1 Å². The molecular formula is C22H19ClN4O2S2. The van der Waals surface area contributed by atoms with Crippen molar-refractivity contribution in [2.24, 2.45) is 0 Å². The first-order valence-corrected chi connectivity index (χ1v) is 12.5. The van der Waals surface area contributed by atoms with E-state index in [1.807, 2.05) is 54.6 Å². The first-order chi connectivity index (χ1) is 15.0. The van der Waals surface area contributed by atoms with E-state index < -0.39 is 10.0 Å². The van der Waals surface area contributed by atoms with Gasteiger partial charge in [-0.25, -0.2) is 18.4 Å². The van der Waals surface area contributed by atoms with E-state index in [4.69, 9.17) is 21.6 Å². The van der Waals surface area contributed by atoms with E-state index in [0.717, 1.165) is 39.4 Å². The van der Waals surface area contributed by atoms with Crippen LogP contribution in [0, 0.1) is 0 Å². The minimum Gasteiger partial charge on any atom is -0.352 e. The maximum Gasteiger partial charge on any atom is 0.252 e. The summed E-state index contributed by atoms with van der Waals surface area (Å²) in [6.45, 7) is 1.82. The third-order valence-corrected chi connectivity index (χ3v) is 8.88. The van der Waals surface area contributed by atoms with E-state index in [1.165, 1.54) is 4.31 Å². The summed E-state index contributed by atoms with van der Waals surface area (Å²) in [4.78, 5) is 11.9. The maximum absolute atomic E-state index is 12.9. The number of aromatic nitrogens is 2. The molecule has 0 atom stereocenters. The Balaban J connectivity index is 1.47. The van der Waals surface area contributed by atoms with Crippen molar-refractivity contribution in [3.05, 3.63) is 71.1 Å². The van der Waals surface area contributed by atoms with Gasteiger partial charge in [0.15, 0.2) is 5.82 Å². The van der Waals surface area contributed by atoms with Gasteiger partial charge in [0.2, 0.25) is 0 Å². The molecule has 9 heteroatoms. The van der Waals surface area contributed by atoms with E-state index >= 15 is 0 Å². The van der Waals surface area contributed by atoms with Crippen molar-refractivity contribution in [3.8, 4) is 11.3 Å². The van der Waals surface area contributed by atoms with Gasteiger partial charge in [-0.05, 0) is 24.3 Å². The van der Waals surface area contributed by atoms with Gasteiger partial charge < -0.3 is 4.90 Å². The lowest BCUT2D eigenvalue weighted by Crippen LogP contribution is -2.49. The second-order valence-electron chi connectivity index (χ2n) is 7.20. The number of sulfonamides is 1. The highest BCUT2D eigenvalue weighted by Crippen LogP contribution is 2.32. The van der Waals surface area contributed by atoms with Crippen LogP contribution in [0.3, 0.4) is 0 Å². The Hall–Kier alpha value is -2.52. The lowest BCUT2D eigenvalue weighted by Gasteiger charge is -2.35. The third kappa shape index (κ3) is 3.92. The number of hydrogen-bond acceptors (Lipinski definition) is 6. The van der Waals surface area contributed by atoms with Gasteiger partial charge in [0, 0.05) is 31.7 Å².